The predicted molar refractivity (Wildman–Crippen MR) is 95.6 cm³/mol. The average Bonchev–Trinajstić information content (AvgIpc) is 3.01. The molecule has 0 bridgehead atoms. The largest absolute Gasteiger partial charge is 0.352 e. The highest BCUT2D eigenvalue weighted by molar-refractivity contribution is 7.08. The Labute approximate surface area is 146 Å². The molecule has 0 radical (unpaired) electrons. The summed E-state index contributed by atoms with van der Waals surface area (Å²) in [6.07, 6.45) is 1.02. The van der Waals surface area contributed by atoms with Crippen LogP contribution >= 0.6 is 11.3 Å². The van der Waals surface area contributed by atoms with E-state index in [0.717, 1.165) is 11.1 Å². The number of carbonyl (C=O) groups is 2. The molecule has 1 aromatic carbocycles. The summed E-state index contributed by atoms with van der Waals surface area (Å²) >= 11 is 1.65. The van der Waals surface area contributed by atoms with E-state index in [1.165, 1.54) is 5.56 Å². The lowest BCUT2D eigenvalue weighted by molar-refractivity contribution is -0.141. The minimum absolute atomic E-state index is 0.0220. The summed E-state index contributed by atoms with van der Waals surface area (Å²) in [6, 6.07) is 9.63. The van der Waals surface area contributed by atoms with Crippen LogP contribution in [0.1, 0.15) is 35.6 Å². The Balaban J connectivity index is 1.77. The minimum atomic E-state index is -0.214. The van der Waals surface area contributed by atoms with E-state index in [0.29, 0.717) is 19.4 Å². The number of nitrogens with one attached hydrogen (secondary N) is 1. The van der Waals surface area contributed by atoms with Gasteiger partial charge in [0.1, 0.15) is 0 Å². The van der Waals surface area contributed by atoms with Gasteiger partial charge in [0.25, 0.3) is 0 Å². The van der Waals surface area contributed by atoms with Gasteiger partial charge in [0.05, 0.1) is 12.0 Å². The third kappa shape index (κ3) is 3.36. The van der Waals surface area contributed by atoms with Crippen molar-refractivity contribution in [2.75, 3.05) is 7.05 Å². The van der Waals surface area contributed by atoms with Crippen molar-refractivity contribution in [2.24, 2.45) is 5.92 Å². The monoisotopic (exact) mass is 342 g/mol. The first kappa shape index (κ1) is 16.7. The van der Waals surface area contributed by atoms with Gasteiger partial charge in [0.2, 0.25) is 11.8 Å². The number of piperidine rings is 1. The van der Waals surface area contributed by atoms with Gasteiger partial charge in [0.15, 0.2) is 0 Å². The number of rotatable bonds is 4. The van der Waals surface area contributed by atoms with E-state index in [1.54, 1.807) is 23.3 Å². The quantitative estimate of drug-likeness (QED) is 0.927. The maximum Gasteiger partial charge on any atom is 0.225 e. The number of hydrogen-bond acceptors (Lipinski definition) is 3. The Morgan fingerprint density at radius 3 is 2.71 bits per heavy atom. The second-order valence-electron chi connectivity index (χ2n) is 6.30. The summed E-state index contributed by atoms with van der Waals surface area (Å²) < 4.78 is 0. The van der Waals surface area contributed by atoms with Crippen LogP contribution in [0, 0.1) is 12.8 Å². The van der Waals surface area contributed by atoms with E-state index in [-0.39, 0.29) is 23.8 Å². The molecule has 1 saturated heterocycles. The van der Waals surface area contributed by atoms with Crippen LogP contribution in [-0.4, -0.2) is 23.8 Å². The maximum absolute atomic E-state index is 12.8. The van der Waals surface area contributed by atoms with Gasteiger partial charge < -0.3 is 10.2 Å². The SMILES string of the molecule is Cc1cscc1CNC(=O)C1CCC(=O)N(C)C1c1ccccc1. The second kappa shape index (κ2) is 7.18. The zero-order valence-corrected chi connectivity index (χ0v) is 14.8. The van der Waals surface area contributed by atoms with Crippen molar-refractivity contribution in [3.8, 4) is 0 Å². The number of hydrogen-bond donors (Lipinski definition) is 1. The van der Waals surface area contributed by atoms with Crippen molar-refractivity contribution in [1.82, 2.24) is 10.2 Å². The maximum atomic E-state index is 12.8. The number of carbonyl (C=O) groups excluding carboxylic acids is 2. The molecule has 2 unspecified atom stereocenters. The van der Waals surface area contributed by atoms with Crippen molar-refractivity contribution in [1.29, 1.82) is 0 Å². The molecule has 2 amide bonds. The number of aryl methyl sites for hydroxylation is 1. The number of benzene rings is 1. The molecule has 0 aliphatic carbocycles. The molecule has 2 aromatic rings. The fourth-order valence-corrected chi connectivity index (χ4v) is 4.16. The van der Waals surface area contributed by atoms with Gasteiger partial charge in [-0.15, -0.1) is 0 Å². The van der Waals surface area contributed by atoms with Gasteiger partial charge >= 0.3 is 0 Å². The van der Waals surface area contributed by atoms with Crippen LogP contribution in [0.15, 0.2) is 41.1 Å². The molecule has 24 heavy (non-hydrogen) atoms. The summed E-state index contributed by atoms with van der Waals surface area (Å²) in [5, 5.41) is 7.22. The van der Waals surface area contributed by atoms with Crippen LogP contribution in [0.2, 0.25) is 0 Å². The van der Waals surface area contributed by atoms with E-state index < -0.39 is 0 Å². The lowest BCUT2D eigenvalue weighted by Crippen LogP contribution is -2.46. The van der Waals surface area contributed by atoms with Gasteiger partial charge in [-0.05, 0) is 40.8 Å². The molecule has 1 fully saturated rings. The first-order chi connectivity index (χ1) is 11.6. The van der Waals surface area contributed by atoms with E-state index in [1.807, 2.05) is 30.3 Å². The van der Waals surface area contributed by atoms with Crippen LogP contribution in [0.25, 0.3) is 0 Å². The smallest absolute Gasteiger partial charge is 0.225 e. The van der Waals surface area contributed by atoms with Gasteiger partial charge in [-0.25, -0.2) is 0 Å². The predicted octanol–water partition coefficient (Wildman–Crippen LogP) is 3.28. The van der Waals surface area contributed by atoms with E-state index in [9.17, 15) is 9.59 Å². The highest BCUT2D eigenvalue weighted by Gasteiger charge is 2.38. The first-order valence-electron chi connectivity index (χ1n) is 8.18. The van der Waals surface area contributed by atoms with Gasteiger partial charge in [-0.3, -0.25) is 9.59 Å². The molecule has 0 saturated carbocycles. The van der Waals surface area contributed by atoms with Crippen molar-refractivity contribution in [3.63, 3.8) is 0 Å². The molecule has 5 heteroatoms. The highest BCUT2D eigenvalue weighted by Crippen LogP contribution is 2.35. The topological polar surface area (TPSA) is 49.4 Å². The zero-order valence-electron chi connectivity index (χ0n) is 14.0. The van der Waals surface area contributed by atoms with Crippen LogP contribution in [0.5, 0.6) is 0 Å². The molecule has 1 aliphatic heterocycles. The van der Waals surface area contributed by atoms with Gasteiger partial charge in [0, 0.05) is 20.0 Å². The number of likely N-dealkylation sites (tertiary alicyclic amines) is 1. The van der Waals surface area contributed by atoms with E-state index >= 15 is 0 Å². The Kier molecular flexibility index (Phi) is 5.00. The molecule has 4 nitrogen and oxygen atoms in total. The van der Waals surface area contributed by atoms with Crippen LogP contribution < -0.4 is 5.32 Å². The Hall–Kier alpha value is -2.14. The normalized spacial score (nSPS) is 20.9. The third-order valence-electron chi connectivity index (χ3n) is 4.75. The number of nitrogens with zero attached hydrogens (tertiary/aromatic N) is 1. The summed E-state index contributed by atoms with van der Waals surface area (Å²) in [4.78, 5) is 26.6. The lowest BCUT2D eigenvalue weighted by Gasteiger charge is -2.38. The van der Waals surface area contributed by atoms with E-state index in [4.69, 9.17) is 0 Å². The standard InChI is InChI=1S/C19H22N2O2S/c1-13-11-24-12-15(13)10-20-19(23)16-8-9-17(22)21(2)18(16)14-6-4-3-5-7-14/h3-7,11-12,16,18H,8-10H2,1-2H3,(H,20,23). The third-order valence-corrected chi connectivity index (χ3v) is 5.66. The van der Waals surface area contributed by atoms with Crippen LogP contribution in [0.4, 0.5) is 0 Å². The Morgan fingerprint density at radius 2 is 2.04 bits per heavy atom. The molecule has 1 aromatic heterocycles. The molecule has 126 valence electrons. The van der Waals surface area contributed by atoms with Crippen molar-refractivity contribution in [3.05, 3.63) is 57.8 Å². The van der Waals surface area contributed by atoms with Crippen molar-refractivity contribution < 1.29 is 9.59 Å². The fraction of sp³-hybridized carbons (Fsp3) is 0.368. The molecular formula is C19H22N2O2S. The Bertz CT molecular complexity index is 726. The van der Waals surface area contributed by atoms with Crippen LogP contribution in [0.3, 0.4) is 0 Å². The Morgan fingerprint density at radius 1 is 1.29 bits per heavy atom. The summed E-state index contributed by atoms with van der Waals surface area (Å²) in [7, 11) is 1.79. The summed E-state index contributed by atoms with van der Waals surface area (Å²) in [5.41, 5.74) is 3.38. The van der Waals surface area contributed by atoms with Gasteiger partial charge in [-0.1, -0.05) is 30.3 Å². The fourth-order valence-electron chi connectivity index (χ4n) is 3.30. The number of thiophene rings is 1. The van der Waals surface area contributed by atoms with Gasteiger partial charge in [-0.2, -0.15) is 11.3 Å². The van der Waals surface area contributed by atoms with E-state index in [2.05, 4.69) is 23.0 Å². The van der Waals surface area contributed by atoms with Crippen molar-refractivity contribution >= 4 is 23.2 Å². The van der Waals surface area contributed by atoms with Crippen LogP contribution in [-0.2, 0) is 16.1 Å². The van der Waals surface area contributed by atoms with Crippen molar-refractivity contribution in [2.45, 2.75) is 32.4 Å². The molecular weight excluding hydrogens is 320 g/mol. The summed E-state index contributed by atoms with van der Waals surface area (Å²) in [5.74, 6) is -0.0931. The molecule has 2 atom stereocenters. The molecule has 0 spiro atoms. The average molecular weight is 342 g/mol. The lowest BCUT2D eigenvalue weighted by atomic mass is 9.84. The minimum Gasteiger partial charge on any atom is -0.352 e. The second-order valence-corrected chi connectivity index (χ2v) is 7.05. The molecule has 1 N–H and O–H groups in total. The zero-order chi connectivity index (χ0) is 17.1. The molecule has 3 rings (SSSR count). The molecule has 2 heterocycles. The first-order valence-corrected chi connectivity index (χ1v) is 9.12. The highest BCUT2D eigenvalue weighted by atomic mass is 32.1. The molecule has 1 aliphatic rings. The summed E-state index contributed by atoms with van der Waals surface area (Å²) in [6.45, 7) is 2.60. The number of amides is 2.